The third-order valence-corrected chi connectivity index (χ3v) is 4.92. The molecule has 0 radical (unpaired) electrons. The number of benzene rings is 1. The lowest BCUT2D eigenvalue weighted by Crippen LogP contribution is -2.09. The molecule has 164 valence electrons. The number of pyridine rings is 2. The number of aromatic nitrogens is 2. The number of ether oxygens (including phenoxy) is 2. The molecule has 0 aliphatic carbocycles. The van der Waals surface area contributed by atoms with Crippen LogP contribution in [0.5, 0.6) is 11.5 Å². The lowest BCUT2D eigenvalue weighted by Gasteiger charge is -2.13. The number of methoxy groups -OCH3 is 1. The summed E-state index contributed by atoms with van der Waals surface area (Å²) in [4.78, 5) is 7.70. The average Bonchev–Trinajstić information content (AvgIpc) is 2.74. The van der Waals surface area contributed by atoms with Crippen LogP contribution in [0.4, 0.5) is 24.7 Å². The summed E-state index contributed by atoms with van der Waals surface area (Å²) in [5, 5.41) is 3.20. The molecular formula is C21H20F3IN4O2. The van der Waals surface area contributed by atoms with E-state index in [4.69, 9.17) is 15.2 Å². The van der Waals surface area contributed by atoms with Crippen molar-refractivity contribution < 1.29 is 22.6 Å². The zero-order valence-corrected chi connectivity index (χ0v) is 18.7. The molecule has 3 N–H and O–H groups in total. The SMILES string of the molecule is COc1cc(CCNc2ncc(I)cc2N)ccc1OCc1ccc(C(F)(F)F)nc1. The molecule has 0 saturated carbocycles. The fraction of sp³-hybridized carbons (Fsp3) is 0.238. The second kappa shape index (κ2) is 10.0. The molecular weight excluding hydrogens is 524 g/mol. The van der Waals surface area contributed by atoms with Gasteiger partial charge < -0.3 is 20.5 Å². The van der Waals surface area contributed by atoms with Crippen molar-refractivity contribution in [1.82, 2.24) is 9.97 Å². The van der Waals surface area contributed by atoms with Crippen LogP contribution in [0.3, 0.4) is 0 Å². The Morgan fingerprint density at radius 3 is 2.45 bits per heavy atom. The van der Waals surface area contributed by atoms with Crippen LogP contribution in [-0.2, 0) is 19.2 Å². The molecule has 3 aromatic rings. The summed E-state index contributed by atoms with van der Waals surface area (Å²) in [6, 6.07) is 9.64. The van der Waals surface area contributed by atoms with Crippen LogP contribution in [-0.4, -0.2) is 23.6 Å². The minimum Gasteiger partial charge on any atom is -0.493 e. The van der Waals surface area contributed by atoms with Crippen molar-refractivity contribution in [3.05, 3.63) is 69.2 Å². The minimum atomic E-state index is -4.46. The molecule has 31 heavy (non-hydrogen) atoms. The number of alkyl halides is 3. The van der Waals surface area contributed by atoms with Gasteiger partial charge in [-0.1, -0.05) is 12.1 Å². The van der Waals surface area contributed by atoms with Gasteiger partial charge >= 0.3 is 6.18 Å². The van der Waals surface area contributed by atoms with Crippen molar-refractivity contribution in [1.29, 1.82) is 0 Å². The number of anilines is 2. The smallest absolute Gasteiger partial charge is 0.433 e. The summed E-state index contributed by atoms with van der Waals surface area (Å²) < 4.78 is 49.9. The number of rotatable bonds is 8. The summed E-state index contributed by atoms with van der Waals surface area (Å²) in [6.07, 6.45) is -0.874. The molecule has 10 heteroatoms. The number of hydrogen-bond donors (Lipinski definition) is 2. The highest BCUT2D eigenvalue weighted by molar-refractivity contribution is 14.1. The quantitative estimate of drug-likeness (QED) is 0.392. The highest BCUT2D eigenvalue weighted by Crippen LogP contribution is 2.30. The maximum atomic E-state index is 12.6. The predicted molar refractivity (Wildman–Crippen MR) is 120 cm³/mol. The van der Waals surface area contributed by atoms with Crippen molar-refractivity contribution in [2.75, 3.05) is 24.7 Å². The molecule has 0 spiro atoms. The summed E-state index contributed by atoms with van der Waals surface area (Å²) in [5.41, 5.74) is 7.13. The van der Waals surface area contributed by atoms with Crippen molar-refractivity contribution in [2.24, 2.45) is 0 Å². The Balaban J connectivity index is 1.58. The largest absolute Gasteiger partial charge is 0.493 e. The van der Waals surface area contributed by atoms with Gasteiger partial charge in [0.25, 0.3) is 0 Å². The van der Waals surface area contributed by atoms with Gasteiger partial charge in [-0.05, 0) is 58.8 Å². The highest BCUT2D eigenvalue weighted by atomic mass is 127. The number of nitrogens with two attached hydrogens (primary N) is 1. The summed E-state index contributed by atoms with van der Waals surface area (Å²) in [5.74, 6) is 1.66. The maximum Gasteiger partial charge on any atom is 0.433 e. The van der Waals surface area contributed by atoms with Gasteiger partial charge in [0.05, 0.1) is 12.8 Å². The Morgan fingerprint density at radius 1 is 1.03 bits per heavy atom. The molecule has 0 fully saturated rings. The fourth-order valence-corrected chi connectivity index (χ4v) is 3.23. The van der Waals surface area contributed by atoms with E-state index in [-0.39, 0.29) is 6.61 Å². The predicted octanol–water partition coefficient (Wildman–Crippen LogP) is 4.92. The van der Waals surface area contributed by atoms with Gasteiger partial charge in [-0.15, -0.1) is 0 Å². The molecule has 0 unspecified atom stereocenters. The number of halogens is 4. The van der Waals surface area contributed by atoms with Gasteiger partial charge in [0, 0.05) is 28.1 Å². The van der Waals surface area contributed by atoms with Crippen LogP contribution >= 0.6 is 22.6 Å². The van der Waals surface area contributed by atoms with E-state index in [1.54, 1.807) is 12.3 Å². The van der Waals surface area contributed by atoms with Crippen molar-refractivity contribution in [3.8, 4) is 11.5 Å². The molecule has 6 nitrogen and oxygen atoms in total. The molecule has 2 aromatic heterocycles. The first-order valence-electron chi connectivity index (χ1n) is 9.23. The van der Waals surface area contributed by atoms with E-state index in [0.29, 0.717) is 41.5 Å². The minimum absolute atomic E-state index is 0.0696. The van der Waals surface area contributed by atoms with Gasteiger partial charge in [0.15, 0.2) is 11.5 Å². The standard InChI is InChI=1S/C21H20F3IN4O2/c1-30-18-8-13(6-7-27-20-16(26)9-15(25)11-29-20)2-4-17(18)31-12-14-3-5-19(28-10-14)21(22,23)24/h2-5,8-11H,6-7,12,26H2,1H3,(H,27,29). The highest BCUT2D eigenvalue weighted by Gasteiger charge is 2.32. The molecule has 0 saturated heterocycles. The molecule has 0 atom stereocenters. The molecule has 0 amide bonds. The third-order valence-electron chi connectivity index (χ3n) is 4.33. The lowest BCUT2D eigenvalue weighted by molar-refractivity contribution is -0.141. The van der Waals surface area contributed by atoms with Crippen LogP contribution in [0.25, 0.3) is 0 Å². The molecule has 1 aromatic carbocycles. The first-order valence-corrected chi connectivity index (χ1v) is 10.3. The van der Waals surface area contributed by atoms with E-state index in [1.165, 1.54) is 13.2 Å². The molecule has 3 rings (SSSR count). The summed E-state index contributed by atoms with van der Waals surface area (Å²) in [6.45, 7) is 0.693. The van der Waals surface area contributed by atoms with E-state index < -0.39 is 11.9 Å². The summed E-state index contributed by atoms with van der Waals surface area (Å²) >= 11 is 2.15. The van der Waals surface area contributed by atoms with Crippen molar-refractivity contribution in [3.63, 3.8) is 0 Å². The van der Waals surface area contributed by atoms with Gasteiger partial charge in [0.1, 0.15) is 18.1 Å². The molecule has 0 aliphatic heterocycles. The first-order chi connectivity index (χ1) is 14.8. The van der Waals surface area contributed by atoms with Crippen molar-refractivity contribution >= 4 is 34.1 Å². The van der Waals surface area contributed by atoms with E-state index in [9.17, 15) is 13.2 Å². The number of nitrogens with one attached hydrogen (secondary N) is 1. The maximum absolute atomic E-state index is 12.6. The molecule has 0 bridgehead atoms. The second-order valence-electron chi connectivity index (χ2n) is 6.59. The Hall–Kier alpha value is -2.76. The fourth-order valence-electron chi connectivity index (χ4n) is 2.75. The van der Waals surface area contributed by atoms with E-state index in [1.807, 2.05) is 18.2 Å². The Labute approximate surface area is 191 Å². The zero-order chi connectivity index (χ0) is 22.4. The van der Waals surface area contributed by atoms with Crippen LogP contribution in [0.1, 0.15) is 16.8 Å². The van der Waals surface area contributed by atoms with Crippen molar-refractivity contribution in [2.45, 2.75) is 19.2 Å². The Morgan fingerprint density at radius 2 is 1.81 bits per heavy atom. The van der Waals surface area contributed by atoms with E-state index >= 15 is 0 Å². The molecule has 2 heterocycles. The number of hydrogen-bond acceptors (Lipinski definition) is 6. The van der Waals surface area contributed by atoms with Crippen LogP contribution in [0.15, 0.2) is 48.8 Å². The topological polar surface area (TPSA) is 82.3 Å². The van der Waals surface area contributed by atoms with Crippen LogP contribution < -0.4 is 20.5 Å². The lowest BCUT2D eigenvalue weighted by atomic mass is 10.1. The van der Waals surface area contributed by atoms with Crippen LogP contribution in [0.2, 0.25) is 0 Å². The monoisotopic (exact) mass is 544 g/mol. The Kier molecular flexibility index (Phi) is 7.42. The third kappa shape index (κ3) is 6.36. The first kappa shape index (κ1) is 22.9. The zero-order valence-electron chi connectivity index (χ0n) is 16.5. The molecule has 0 aliphatic rings. The van der Waals surface area contributed by atoms with E-state index in [0.717, 1.165) is 21.4 Å². The van der Waals surface area contributed by atoms with Crippen LogP contribution in [0, 0.1) is 3.57 Å². The Bertz CT molecular complexity index is 1030. The van der Waals surface area contributed by atoms with E-state index in [2.05, 4.69) is 37.9 Å². The van der Waals surface area contributed by atoms with Gasteiger partial charge in [-0.3, -0.25) is 4.98 Å². The van der Waals surface area contributed by atoms with Gasteiger partial charge in [-0.25, -0.2) is 4.98 Å². The van der Waals surface area contributed by atoms with Gasteiger partial charge in [0.2, 0.25) is 0 Å². The summed E-state index contributed by atoms with van der Waals surface area (Å²) in [7, 11) is 1.53. The average molecular weight is 544 g/mol. The number of nitrogen functional groups attached to an aromatic ring is 1. The second-order valence-corrected chi connectivity index (χ2v) is 7.84. The van der Waals surface area contributed by atoms with Gasteiger partial charge in [-0.2, -0.15) is 13.2 Å². The number of nitrogens with zero attached hydrogens (tertiary/aromatic N) is 2. The normalized spacial score (nSPS) is 11.3.